The second kappa shape index (κ2) is 6.29. The van der Waals surface area contributed by atoms with Crippen LogP contribution < -0.4 is 5.43 Å². The predicted octanol–water partition coefficient (Wildman–Crippen LogP) is 2.45. The zero-order chi connectivity index (χ0) is 14.4. The monoisotopic (exact) mass is 271 g/mol. The van der Waals surface area contributed by atoms with Crippen molar-refractivity contribution in [3.63, 3.8) is 0 Å². The van der Waals surface area contributed by atoms with E-state index in [1.807, 2.05) is 0 Å². The van der Waals surface area contributed by atoms with E-state index in [9.17, 15) is 9.18 Å². The molecule has 1 aromatic heterocycles. The highest BCUT2D eigenvalue weighted by Crippen LogP contribution is 2.21. The minimum atomic E-state index is -0.492. The maximum absolute atomic E-state index is 12.8. The average Bonchev–Trinajstić information content (AvgIpc) is 2.89. The van der Waals surface area contributed by atoms with Crippen LogP contribution in [0, 0.1) is 17.1 Å². The third-order valence-corrected chi connectivity index (χ3v) is 2.38. The maximum atomic E-state index is 12.8. The molecular formula is C14H10FN3O2. The van der Waals surface area contributed by atoms with Gasteiger partial charge in [0.25, 0.3) is 5.91 Å². The summed E-state index contributed by atoms with van der Waals surface area (Å²) in [7, 11) is 0. The number of carbonyl (C=O) groups excluding carboxylic acids is 1. The highest BCUT2D eigenvalue weighted by atomic mass is 19.1. The quantitative estimate of drug-likeness (QED) is 0.685. The summed E-state index contributed by atoms with van der Waals surface area (Å²) in [6, 6.07) is 11.0. The molecule has 1 aromatic carbocycles. The van der Waals surface area contributed by atoms with Crippen LogP contribution in [0.15, 0.2) is 45.9 Å². The van der Waals surface area contributed by atoms with Crippen LogP contribution in [0.5, 0.6) is 0 Å². The molecule has 0 aliphatic heterocycles. The standard InChI is InChI=1S/C14H10FN3O2/c15-11-3-1-10(2-4-11)13-6-5-12(20-13)9-17-18-14(19)7-8-16/h1-6,9H,7H2,(H,18,19)/b17-9+. The number of halogens is 1. The van der Waals surface area contributed by atoms with Gasteiger partial charge in [0.2, 0.25) is 0 Å². The molecule has 0 aliphatic carbocycles. The van der Waals surface area contributed by atoms with Crippen molar-refractivity contribution >= 4 is 12.1 Å². The summed E-state index contributed by atoms with van der Waals surface area (Å²) >= 11 is 0. The van der Waals surface area contributed by atoms with Crippen LogP contribution in [0.2, 0.25) is 0 Å². The molecule has 6 heteroatoms. The fraction of sp³-hybridized carbons (Fsp3) is 0.0714. The van der Waals surface area contributed by atoms with Gasteiger partial charge in [0.1, 0.15) is 23.8 Å². The van der Waals surface area contributed by atoms with Crippen LogP contribution in [0.3, 0.4) is 0 Å². The Hall–Kier alpha value is -2.94. The number of hydrogen-bond acceptors (Lipinski definition) is 4. The van der Waals surface area contributed by atoms with Crippen molar-refractivity contribution in [2.75, 3.05) is 0 Å². The first kappa shape index (κ1) is 13.5. The molecule has 0 saturated carbocycles. The van der Waals surface area contributed by atoms with E-state index in [0.717, 1.165) is 5.56 Å². The van der Waals surface area contributed by atoms with Gasteiger partial charge >= 0.3 is 0 Å². The van der Waals surface area contributed by atoms with E-state index < -0.39 is 5.91 Å². The van der Waals surface area contributed by atoms with Gasteiger partial charge in [-0.05, 0) is 36.4 Å². The van der Waals surface area contributed by atoms with Crippen LogP contribution in [-0.2, 0) is 4.79 Å². The third kappa shape index (κ3) is 3.53. The normalized spacial score (nSPS) is 10.4. The van der Waals surface area contributed by atoms with Crippen LogP contribution in [0.25, 0.3) is 11.3 Å². The molecule has 100 valence electrons. The topological polar surface area (TPSA) is 78.4 Å². The number of hydrogen-bond donors (Lipinski definition) is 1. The lowest BCUT2D eigenvalue weighted by Crippen LogP contribution is -2.15. The van der Waals surface area contributed by atoms with E-state index in [-0.39, 0.29) is 12.2 Å². The van der Waals surface area contributed by atoms with Gasteiger partial charge in [-0.1, -0.05) is 0 Å². The number of amides is 1. The van der Waals surface area contributed by atoms with Crippen molar-refractivity contribution < 1.29 is 13.6 Å². The zero-order valence-corrected chi connectivity index (χ0v) is 10.3. The van der Waals surface area contributed by atoms with E-state index >= 15 is 0 Å². The Balaban J connectivity index is 2.02. The van der Waals surface area contributed by atoms with Gasteiger partial charge < -0.3 is 4.42 Å². The lowest BCUT2D eigenvalue weighted by atomic mass is 10.2. The van der Waals surface area contributed by atoms with Crippen molar-refractivity contribution in [1.29, 1.82) is 5.26 Å². The Kier molecular flexibility index (Phi) is 4.24. The summed E-state index contributed by atoms with van der Waals surface area (Å²) in [5.41, 5.74) is 2.92. The fourth-order valence-corrected chi connectivity index (χ4v) is 1.47. The second-order valence-corrected chi connectivity index (χ2v) is 3.84. The third-order valence-electron chi connectivity index (χ3n) is 2.38. The Morgan fingerprint density at radius 2 is 2.10 bits per heavy atom. The highest BCUT2D eigenvalue weighted by molar-refractivity contribution is 5.81. The summed E-state index contributed by atoms with van der Waals surface area (Å²) in [6.07, 6.45) is 1.07. The molecule has 0 spiro atoms. The highest BCUT2D eigenvalue weighted by Gasteiger charge is 2.03. The molecule has 0 fully saturated rings. The second-order valence-electron chi connectivity index (χ2n) is 3.84. The molecule has 0 saturated heterocycles. The van der Waals surface area contributed by atoms with Gasteiger partial charge in [-0.25, -0.2) is 9.82 Å². The molecule has 1 amide bonds. The van der Waals surface area contributed by atoms with E-state index in [0.29, 0.717) is 11.5 Å². The largest absolute Gasteiger partial charge is 0.455 e. The van der Waals surface area contributed by atoms with E-state index in [1.165, 1.54) is 18.3 Å². The molecule has 1 heterocycles. The molecule has 20 heavy (non-hydrogen) atoms. The van der Waals surface area contributed by atoms with Crippen molar-refractivity contribution in [1.82, 2.24) is 5.43 Å². The Morgan fingerprint density at radius 3 is 2.80 bits per heavy atom. The molecule has 0 bridgehead atoms. The Morgan fingerprint density at radius 1 is 1.35 bits per heavy atom. The lowest BCUT2D eigenvalue weighted by Gasteiger charge is -1.96. The number of furan rings is 1. The van der Waals surface area contributed by atoms with E-state index in [1.54, 1.807) is 30.3 Å². The molecule has 0 unspecified atom stereocenters. The molecule has 0 atom stereocenters. The van der Waals surface area contributed by atoms with Gasteiger partial charge in [-0.15, -0.1) is 0 Å². The number of nitriles is 1. The summed E-state index contributed by atoms with van der Waals surface area (Å²) in [6.45, 7) is 0. The number of nitrogens with one attached hydrogen (secondary N) is 1. The summed E-state index contributed by atoms with van der Waals surface area (Å²) < 4.78 is 18.3. The van der Waals surface area contributed by atoms with Gasteiger partial charge in [0.05, 0.1) is 12.3 Å². The van der Waals surface area contributed by atoms with E-state index in [4.69, 9.17) is 9.68 Å². The smallest absolute Gasteiger partial charge is 0.254 e. The van der Waals surface area contributed by atoms with Crippen LogP contribution in [-0.4, -0.2) is 12.1 Å². The Labute approximate surface area is 114 Å². The molecule has 0 aliphatic rings. The number of benzene rings is 1. The van der Waals surface area contributed by atoms with Gasteiger partial charge in [0.15, 0.2) is 0 Å². The summed E-state index contributed by atoms with van der Waals surface area (Å²) in [4.78, 5) is 11.0. The van der Waals surface area contributed by atoms with Crippen molar-refractivity contribution in [3.05, 3.63) is 48.0 Å². The van der Waals surface area contributed by atoms with Gasteiger partial charge in [-0.2, -0.15) is 10.4 Å². The maximum Gasteiger partial charge on any atom is 0.254 e. The minimum absolute atomic E-state index is 0.254. The summed E-state index contributed by atoms with van der Waals surface area (Å²) in [5.74, 6) is 0.188. The van der Waals surface area contributed by atoms with Gasteiger partial charge in [0, 0.05) is 5.56 Å². The van der Waals surface area contributed by atoms with Crippen LogP contribution in [0.1, 0.15) is 12.2 Å². The SMILES string of the molecule is N#CCC(=O)N/N=C/c1ccc(-c2ccc(F)cc2)o1. The average molecular weight is 271 g/mol. The first-order chi connectivity index (χ1) is 9.69. The molecule has 5 nitrogen and oxygen atoms in total. The first-order valence-electron chi connectivity index (χ1n) is 5.73. The molecule has 1 N–H and O–H groups in total. The molecule has 2 rings (SSSR count). The summed E-state index contributed by atoms with van der Waals surface area (Å²) in [5, 5.41) is 11.9. The fourth-order valence-electron chi connectivity index (χ4n) is 1.47. The number of rotatable bonds is 4. The van der Waals surface area contributed by atoms with Gasteiger partial charge in [-0.3, -0.25) is 4.79 Å². The molecule has 0 radical (unpaired) electrons. The van der Waals surface area contributed by atoms with Crippen LogP contribution in [0.4, 0.5) is 4.39 Å². The Bertz CT molecular complexity index is 668. The van der Waals surface area contributed by atoms with E-state index in [2.05, 4.69) is 10.5 Å². The minimum Gasteiger partial charge on any atom is -0.455 e. The molecular weight excluding hydrogens is 261 g/mol. The van der Waals surface area contributed by atoms with Crippen molar-refractivity contribution in [2.45, 2.75) is 6.42 Å². The van der Waals surface area contributed by atoms with Crippen molar-refractivity contribution in [2.24, 2.45) is 5.10 Å². The number of hydrazone groups is 1. The molecule has 2 aromatic rings. The predicted molar refractivity (Wildman–Crippen MR) is 70.1 cm³/mol. The zero-order valence-electron chi connectivity index (χ0n) is 10.3. The van der Waals surface area contributed by atoms with Crippen LogP contribution >= 0.6 is 0 Å². The number of carbonyl (C=O) groups is 1. The van der Waals surface area contributed by atoms with Crippen molar-refractivity contribution in [3.8, 4) is 17.4 Å². The number of nitrogens with zero attached hydrogens (tertiary/aromatic N) is 2. The first-order valence-corrected chi connectivity index (χ1v) is 5.73. The lowest BCUT2D eigenvalue weighted by molar-refractivity contribution is -0.120.